The quantitative estimate of drug-likeness (QED) is 0.713. The average Bonchev–Trinajstić information content (AvgIpc) is 2.90. The number of aliphatic hydroxyl groups is 1. The van der Waals surface area contributed by atoms with Crippen LogP contribution in [0.3, 0.4) is 0 Å². The molecule has 1 aromatic carbocycles. The van der Waals surface area contributed by atoms with Crippen molar-refractivity contribution in [3.05, 3.63) is 35.4 Å². The molecule has 1 heterocycles. The van der Waals surface area contributed by atoms with E-state index < -0.39 is 0 Å². The molecule has 0 unspecified atom stereocenters. The van der Waals surface area contributed by atoms with E-state index in [4.69, 9.17) is 5.11 Å². The Bertz CT molecular complexity index is 387. The van der Waals surface area contributed by atoms with Crippen LogP contribution in [0.4, 0.5) is 0 Å². The van der Waals surface area contributed by atoms with Crippen LogP contribution in [0.1, 0.15) is 24.0 Å². The van der Waals surface area contributed by atoms with Crippen molar-refractivity contribution in [3.8, 4) is 0 Å². The molecule has 1 saturated heterocycles. The Labute approximate surface area is 101 Å². The van der Waals surface area contributed by atoms with Gasteiger partial charge in [0.05, 0.1) is 12.6 Å². The van der Waals surface area contributed by atoms with Crippen LogP contribution >= 0.6 is 0 Å². The maximum atomic E-state index is 11.8. The van der Waals surface area contributed by atoms with Gasteiger partial charge in [-0.05, 0) is 30.5 Å². The zero-order chi connectivity index (χ0) is 12.1. The number of nitrogens with one attached hydrogen (secondary N) is 2. The van der Waals surface area contributed by atoms with Crippen LogP contribution < -0.4 is 10.6 Å². The average molecular weight is 234 g/mol. The summed E-state index contributed by atoms with van der Waals surface area (Å²) in [6.07, 6.45) is 1.99. The van der Waals surface area contributed by atoms with E-state index in [1.54, 1.807) is 0 Å². The molecule has 17 heavy (non-hydrogen) atoms. The van der Waals surface area contributed by atoms with E-state index in [0.717, 1.165) is 30.5 Å². The number of carbonyl (C=O) groups excluding carboxylic acids is 1. The Morgan fingerprint density at radius 1 is 1.47 bits per heavy atom. The van der Waals surface area contributed by atoms with E-state index in [0.29, 0.717) is 6.54 Å². The fourth-order valence-electron chi connectivity index (χ4n) is 2.06. The van der Waals surface area contributed by atoms with Gasteiger partial charge in [0.1, 0.15) is 0 Å². The van der Waals surface area contributed by atoms with Crippen molar-refractivity contribution < 1.29 is 9.90 Å². The molecule has 4 heteroatoms. The van der Waals surface area contributed by atoms with Gasteiger partial charge >= 0.3 is 0 Å². The Morgan fingerprint density at radius 3 is 3.00 bits per heavy atom. The highest BCUT2D eigenvalue weighted by Crippen LogP contribution is 2.07. The molecule has 1 aliphatic rings. The third-order valence-corrected chi connectivity index (χ3v) is 3.02. The smallest absolute Gasteiger partial charge is 0.237 e. The van der Waals surface area contributed by atoms with Gasteiger partial charge in [0.2, 0.25) is 5.91 Å². The van der Waals surface area contributed by atoms with Gasteiger partial charge < -0.3 is 15.7 Å². The lowest BCUT2D eigenvalue weighted by Crippen LogP contribution is -2.39. The number of rotatable bonds is 4. The zero-order valence-electron chi connectivity index (χ0n) is 9.78. The van der Waals surface area contributed by atoms with E-state index in [2.05, 4.69) is 10.6 Å². The van der Waals surface area contributed by atoms with Crippen molar-refractivity contribution in [1.29, 1.82) is 0 Å². The molecule has 0 saturated carbocycles. The fraction of sp³-hybridized carbons (Fsp3) is 0.462. The summed E-state index contributed by atoms with van der Waals surface area (Å²) in [5, 5.41) is 15.1. The summed E-state index contributed by atoms with van der Waals surface area (Å²) in [6.45, 7) is 1.48. The molecule has 0 aromatic heterocycles. The largest absolute Gasteiger partial charge is 0.392 e. The highest BCUT2D eigenvalue weighted by atomic mass is 16.3. The van der Waals surface area contributed by atoms with Gasteiger partial charge in [-0.15, -0.1) is 0 Å². The van der Waals surface area contributed by atoms with Crippen LogP contribution in [0.2, 0.25) is 0 Å². The molecular formula is C13H18N2O2. The Balaban J connectivity index is 1.86. The van der Waals surface area contributed by atoms with Gasteiger partial charge in [-0.2, -0.15) is 0 Å². The predicted octanol–water partition coefficient (Wildman–Crippen LogP) is 0.547. The highest BCUT2D eigenvalue weighted by Gasteiger charge is 2.21. The predicted molar refractivity (Wildman–Crippen MR) is 65.2 cm³/mol. The van der Waals surface area contributed by atoms with Crippen LogP contribution in [0.5, 0.6) is 0 Å². The molecular weight excluding hydrogens is 216 g/mol. The van der Waals surface area contributed by atoms with Crippen LogP contribution in [-0.4, -0.2) is 23.6 Å². The van der Waals surface area contributed by atoms with Gasteiger partial charge in [-0.25, -0.2) is 0 Å². The number of amides is 1. The summed E-state index contributed by atoms with van der Waals surface area (Å²) < 4.78 is 0. The van der Waals surface area contributed by atoms with Crippen LogP contribution in [0, 0.1) is 0 Å². The maximum absolute atomic E-state index is 11.8. The van der Waals surface area contributed by atoms with Crippen molar-refractivity contribution in [2.75, 3.05) is 6.54 Å². The number of hydrogen-bond acceptors (Lipinski definition) is 3. The summed E-state index contributed by atoms with van der Waals surface area (Å²) in [4.78, 5) is 11.8. The van der Waals surface area contributed by atoms with Crippen molar-refractivity contribution in [2.45, 2.75) is 32.0 Å². The Hall–Kier alpha value is -1.39. The minimum atomic E-state index is -0.0315. The Morgan fingerprint density at radius 2 is 2.29 bits per heavy atom. The highest BCUT2D eigenvalue weighted by molar-refractivity contribution is 5.81. The molecule has 1 aromatic rings. The van der Waals surface area contributed by atoms with Crippen molar-refractivity contribution in [3.63, 3.8) is 0 Å². The molecule has 3 N–H and O–H groups in total. The molecule has 0 spiro atoms. The van der Waals surface area contributed by atoms with Crippen molar-refractivity contribution >= 4 is 5.91 Å². The van der Waals surface area contributed by atoms with Gasteiger partial charge in [-0.1, -0.05) is 24.3 Å². The van der Waals surface area contributed by atoms with E-state index in [9.17, 15) is 4.79 Å². The number of carbonyl (C=O) groups is 1. The zero-order valence-corrected chi connectivity index (χ0v) is 9.78. The normalized spacial score (nSPS) is 19.2. The van der Waals surface area contributed by atoms with E-state index in [1.807, 2.05) is 24.3 Å². The second kappa shape index (κ2) is 5.80. The van der Waals surface area contributed by atoms with Gasteiger partial charge in [0.15, 0.2) is 0 Å². The van der Waals surface area contributed by atoms with E-state index in [-0.39, 0.29) is 18.6 Å². The first-order valence-corrected chi connectivity index (χ1v) is 5.99. The Kier molecular flexibility index (Phi) is 4.12. The second-order valence-corrected chi connectivity index (χ2v) is 4.34. The van der Waals surface area contributed by atoms with Crippen LogP contribution in [0.15, 0.2) is 24.3 Å². The first-order valence-electron chi connectivity index (χ1n) is 5.99. The van der Waals surface area contributed by atoms with Gasteiger partial charge in [0.25, 0.3) is 0 Å². The molecule has 0 aliphatic carbocycles. The lowest BCUT2D eigenvalue weighted by atomic mass is 10.1. The summed E-state index contributed by atoms with van der Waals surface area (Å²) in [7, 11) is 0. The minimum Gasteiger partial charge on any atom is -0.392 e. The topological polar surface area (TPSA) is 61.4 Å². The van der Waals surface area contributed by atoms with Gasteiger partial charge in [0, 0.05) is 6.54 Å². The summed E-state index contributed by atoms with van der Waals surface area (Å²) >= 11 is 0. The first-order chi connectivity index (χ1) is 8.29. The number of aliphatic hydroxyl groups excluding tert-OH is 1. The minimum absolute atomic E-state index is 0.0315. The molecule has 1 atom stereocenters. The SMILES string of the molecule is O=C(NCc1cccc(CO)c1)[C@@H]1CCCN1. The molecule has 0 bridgehead atoms. The van der Waals surface area contributed by atoms with Crippen molar-refractivity contribution in [2.24, 2.45) is 0 Å². The second-order valence-electron chi connectivity index (χ2n) is 4.34. The summed E-state index contributed by atoms with van der Waals surface area (Å²) in [6, 6.07) is 7.57. The molecule has 1 fully saturated rings. The van der Waals surface area contributed by atoms with Crippen molar-refractivity contribution in [1.82, 2.24) is 10.6 Å². The summed E-state index contributed by atoms with van der Waals surface area (Å²) in [5.74, 6) is 0.0666. The lowest BCUT2D eigenvalue weighted by Gasteiger charge is -2.11. The van der Waals surface area contributed by atoms with Crippen LogP contribution in [-0.2, 0) is 17.9 Å². The molecule has 1 aliphatic heterocycles. The maximum Gasteiger partial charge on any atom is 0.237 e. The summed E-state index contributed by atoms with van der Waals surface area (Å²) in [5.41, 5.74) is 1.89. The van der Waals surface area contributed by atoms with E-state index in [1.165, 1.54) is 0 Å². The molecule has 92 valence electrons. The number of hydrogen-bond donors (Lipinski definition) is 3. The van der Waals surface area contributed by atoms with E-state index >= 15 is 0 Å². The van der Waals surface area contributed by atoms with Gasteiger partial charge in [-0.3, -0.25) is 4.79 Å². The van der Waals surface area contributed by atoms with Crippen LogP contribution in [0.25, 0.3) is 0 Å². The molecule has 4 nitrogen and oxygen atoms in total. The molecule has 0 radical (unpaired) electrons. The third-order valence-electron chi connectivity index (χ3n) is 3.02. The number of benzene rings is 1. The molecule has 2 rings (SSSR count). The third kappa shape index (κ3) is 3.28. The lowest BCUT2D eigenvalue weighted by molar-refractivity contribution is -0.122. The monoisotopic (exact) mass is 234 g/mol. The first kappa shape index (κ1) is 12.1. The molecule has 1 amide bonds. The fourth-order valence-corrected chi connectivity index (χ4v) is 2.06. The standard InChI is InChI=1S/C13H18N2O2/c16-9-11-4-1-3-10(7-11)8-15-13(17)12-5-2-6-14-12/h1,3-4,7,12,14,16H,2,5-6,8-9H2,(H,15,17)/t12-/m0/s1.